The molecule has 1 saturated heterocycles. The first-order chi connectivity index (χ1) is 19.6. The predicted molar refractivity (Wildman–Crippen MR) is 157 cm³/mol. The van der Waals surface area contributed by atoms with Crippen LogP contribution < -0.4 is 5.32 Å². The number of alkyl carbamates (subject to hydrolysis) is 1. The molecule has 2 amide bonds. The van der Waals surface area contributed by atoms with E-state index >= 15 is 0 Å². The molecule has 8 heteroatoms. The number of fused-ring (bicyclic) bond motifs is 13. The number of nitrogens with zero attached hydrogens (tertiary/aromatic N) is 1. The number of aryl methyl sites for hydroxylation is 1. The number of hydrogen-bond donors (Lipinski definition) is 1. The van der Waals surface area contributed by atoms with E-state index in [9.17, 15) is 14.4 Å². The molecule has 0 saturated carbocycles. The minimum Gasteiger partial charge on any atom is -0.467 e. The van der Waals surface area contributed by atoms with Gasteiger partial charge in [-0.25, -0.2) is 9.59 Å². The minimum atomic E-state index is -0.922. The SMILES string of the molecule is COC(=O)[C@@H]1C[C@]2(OC)CN1C(=O)[C@H](C(C)(C)C)NC(=O)OCCCCCCCc1ccccc1-c1ccc2cc1. The van der Waals surface area contributed by atoms with E-state index in [-0.39, 0.29) is 25.5 Å². The summed E-state index contributed by atoms with van der Waals surface area (Å²) >= 11 is 0. The molecule has 3 aliphatic heterocycles. The number of rotatable bonds is 2. The molecule has 3 atom stereocenters. The van der Waals surface area contributed by atoms with E-state index in [0.717, 1.165) is 49.7 Å². The average molecular weight is 565 g/mol. The summed E-state index contributed by atoms with van der Waals surface area (Å²) in [5.74, 6) is -0.896. The Morgan fingerprint density at radius 1 is 0.976 bits per heavy atom. The topological polar surface area (TPSA) is 94.2 Å². The van der Waals surface area contributed by atoms with E-state index in [4.69, 9.17) is 14.2 Å². The van der Waals surface area contributed by atoms with Gasteiger partial charge in [0.15, 0.2) is 0 Å². The third-order valence-corrected chi connectivity index (χ3v) is 8.41. The predicted octanol–water partition coefficient (Wildman–Crippen LogP) is 5.62. The van der Waals surface area contributed by atoms with Crippen molar-refractivity contribution >= 4 is 18.0 Å². The molecule has 0 spiro atoms. The van der Waals surface area contributed by atoms with E-state index in [1.165, 1.54) is 23.1 Å². The average Bonchev–Trinajstić information content (AvgIpc) is 3.37. The van der Waals surface area contributed by atoms with E-state index in [0.29, 0.717) is 0 Å². The summed E-state index contributed by atoms with van der Waals surface area (Å²) in [6.45, 7) is 6.05. The summed E-state index contributed by atoms with van der Waals surface area (Å²) in [6, 6.07) is 14.9. The van der Waals surface area contributed by atoms with Crippen molar-refractivity contribution in [1.29, 1.82) is 0 Å². The highest BCUT2D eigenvalue weighted by Crippen LogP contribution is 2.41. The van der Waals surface area contributed by atoms with Gasteiger partial charge in [-0.1, -0.05) is 88.6 Å². The molecule has 0 aromatic heterocycles. The number of methoxy groups -OCH3 is 2. The minimum absolute atomic E-state index is 0.140. The standard InChI is InChI=1S/C33H44N2O6/c1-32(2,3)28-29(36)35-22-33(40-5,21-27(35)30(37)39-4)25-18-16-24(17-19-25)26-15-11-10-14-23(26)13-9-7-6-8-12-20-41-31(38)34-28/h10-11,14-19,27-28H,6-9,12-13,20-22H2,1-5H3,(H,34,38)/t27-,28+,33-/m0/s1. The quantitative estimate of drug-likeness (QED) is 0.476. The zero-order valence-corrected chi connectivity index (χ0v) is 25.0. The number of hydrogen-bond acceptors (Lipinski definition) is 6. The molecule has 0 unspecified atom stereocenters. The Kier molecular flexibility index (Phi) is 9.74. The second kappa shape index (κ2) is 13.1. The molecule has 0 aliphatic carbocycles. The summed E-state index contributed by atoms with van der Waals surface area (Å²) in [6.07, 6.45) is 5.57. The third kappa shape index (κ3) is 6.92. The van der Waals surface area contributed by atoms with Crippen molar-refractivity contribution in [3.63, 3.8) is 0 Å². The van der Waals surface area contributed by atoms with Crippen molar-refractivity contribution < 1.29 is 28.6 Å². The van der Waals surface area contributed by atoms with Gasteiger partial charge in [-0.2, -0.15) is 0 Å². The van der Waals surface area contributed by atoms with E-state index < -0.39 is 35.2 Å². The molecule has 3 aliphatic rings. The summed E-state index contributed by atoms with van der Waals surface area (Å²) in [4.78, 5) is 41.3. The Morgan fingerprint density at radius 3 is 2.34 bits per heavy atom. The van der Waals surface area contributed by atoms with Crippen LogP contribution in [0.2, 0.25) is 0 Å². The highest BCUT2D eigenvalue weighted by molar-refractivity contribution is 5.91. The molecule has 1 N–H and O–H groups in total. The van der Waals surface area contributed by atoms with Crippen molar-refractivity contribution in [3.05, 3.63) is 59.7 Å². The number of nitrogens with one attached hydrogen (secondary N) is 1. The monoisotopic (exact) mass is 564 g/mol. The Hall–Kier alpha value is -3.39. The maximum atomic E-state index is 14.1. The summed E-state index contributed by atoms with van der Waals surface area (Å²) in [5, 5.41) is 2.79. The van der Waals surface area contributed by atoms with Crippen LogP contribution in [0.5, 0.6) is 0 Å². The fourth-order valence-corrected chi connectivity index (χ4v) is 5.99. The number of carbonyl (C=O) groups is 3. The summed E-state index contributed by atoms with van der Waals surface area (Å²) in [5.41, 5.74) is 2.94. The van der Waals surface area contributed by atoms with Crippen LogP contribution >= 0.6 is 0 Å². The van der Waals surface area contributed by atoms with Crippen LogP contribution in [-0.4, -0.2) is 62.3 Å². The van der Waals surface area contributed by atoms with Crippen LogP contribution in [0.4, 0.5) is 4.79 Å². The van der Waals surface area contributed by atoms with Gasteiger partial charge in [0.25, 0.3) is 0 Å². The van der Waals surface area contributed by atoms with E-state index in [1.54, 1.807) is 7.11 Å². The van der Waals surface area contributed by atoms with Crippen LogP contribution in [0.1, 0.15) is 70.4 Å². The zero-order valence-electron chi connectivity index (χ0n) is 25.0. The fourth-order valence-electron chi connectivity index (χ4n) is 5.99. The molecule has 8 nitrogen and oxygen atoms in total. The highest BCUT2D eigenvalue weighted by Gasteiger charge is 2.53. The Morgan fingerprint density at radius 2 is 1.66 bits per heavy atom. The number of carbonyl (C=O) groups excluding carboxylic acids is 3. The maximum absolute atomic E-state index is 14.1. The lowest BCUT2D eigenvalue weighted by molar-refractivity contribution is -0.152. The molecule has 4 bridgehead atoms. The lowest BCUT2D eigenvalue weighted by atomic mass is 9.85. The first-order valence-electron chi connectivity index (χ1n) is 14.7. The van der Waals surface area contributed by atoms with Gasteiger partial charge in [-0.3, -0.25) is 4.79 Å². The highest BCUT2D eigenvalue weighted by atomic mass is 16.5. The zero-order chi connectivity index (χ0) is 29.6. The van der Waals surface area contributed by atoms with Crippen molar-refractivity contribution in [2.75, 3.05) is 27.4 Å². The molecule has 41 heavy (non-hydrogen) atoms. The van der Waals surface area contributed by atoms with Gasteiger partial charge in [0, 0.05) is 13.5 Å². The molecule has 2 aromatic rings. The molecule has 3 heterocycles. The Bertz CT molecular complexity index is 1220. The summed E-state index contributed by atoms with van der Waals surface area (Å²) in [7, 11) is 2.92. The molecular weight excluding hydrogens is 520 g/mol. The van der Waals surface area contributed by atoms with Crippen molar-refractivity contribution in [3.8, 4) is 11.1 Å². The van der Waals surface area contributed by atoms with Gasteiger partial charge < -0.3 is 24.4 Å². The second-order valence-corrected chi connectivity index (χ2v) is 12.2. The molecule has 1 fully saturated rings. The van der Waals surface area contributed by atoms with Crippen molar-refractivity contribution in [1.82, 2.24) is 10.2 Å². The van der Waals surface area contributed by atoms with Gasteiger partial charge in [0.1, 0.15) is 17.7 Å². The molecule has 222 valence electrons. The van der Waals surface area contributed by atoms with Gasteiger partial charge in [-0.15, -0.1) is 0 Å². The third-order valence-electron chi connectivity index (χ3n) is 8.41. The maximum Gasteiger partial charge on any atom is 0.407 e. The molecular formula is C33H44N2O6. The van der Waals surface area contributed by atoms with Gasteiger partial charge in [-0.05, 0) is 46.9 Å². The normalized spacial score (nSPS) is 24.6. The smallest absolute Gasteiger partial charge is 0.407 e. The molecule has 0 radical (unpaired) electrons. The van der Waals surface area contributed by atoms with Crippen molar-refractivity contribution in [2.24, 2.45) is 5.41 Å². The molecule has 5 rings (SSSR count). The second-order valence-electron chi connectivity index (χ2n) is 12.2. The lowest BCUT2D eigenvalue weighted by Gasteiger charge is -2.35. The summed E-state index contributed by atoms with van der Waals surface area (Å²) < 4.78 is 16.7. The number of amides is 2. The van der Waals surface area contributed by atoms with Crippen LogP contribution in [0.25, 0.3) is 11.1 Å². The van der Waals surface area contributed by atoms with Crippen LogP contribution in [-0.2, 0) is 35.8 Å². The number of esters is 1. The van der Waals surface area contributed by atoms with Crippen LogP contribution in [0.3, 0.4) is 0 Å². The number of benzene rings is 2. The Balaban J connectivity index is 1.74. The van der Waals surface area contributed by atoms with E-state index in [2.05, 4.69) is 41.7 Å². The molecule has 2 aromatic carbocycles. The van der Waals surface area contributed by atoms with Gasteiger partial charge in [0.05, 0.1) is 20.3 Å². The van der Waals surface area contributed by atoms with Crippen LogP contribution in [0.15, 0.2) is 48.5 Å². The first-order valence-corrected chi connectivity index (χ1v) is 14.7. The first kappa shape index (κ1) is 30.6. The van der Waals surface area contributed by atoms with Gasteiger partial charge in [0.2, 0.25) is 5.91 Å². The van der Waals surface area contributed by atoms with Crippen LogP contribution in [0, 0.1) is 5.41 Å². The largest absolute Gasteiger partial charge is 0.467 e. The van der Waals surface area contributed by atoms with Crippen molar-refractivity contribution in [2.45, 2.75) is 83.4 Å². The fraction of sp³-hybridized carbons (Fsp3) is 0.545. The Labute approximate surface area is 243 Å². The number of ether oxygens (including phenoxy) is 3. The van der Waals surface area contributed by atoms with E-state index in [1.807, 2.05) is 32.9 Å². The lowest BCUT2D eigenvalue weighted by Crippen LogP contribution is -2.57. The van der Waals surface area contributed by atoms with Gasteiger partial charge >= 0.3 is 12.1 Å².